The van der Waals surface area contributed by atoms with Gasteiger partial charge in [0.2, 0.25) is 0 Å². The lowest BCUT2D eigenvalue weighted by Gasteiger charge is -2.14. The van der Waals surface area contributed by atoms with Crippen molar-refractivity contribution in [1.29, 1.82) is 0 Å². The van der Waals surface area contributed by atoms with Gasteiger partial charge in [-0.15, -0.1) is 11.3 Å². The van der Waals surface area contributed by atoms with Crippen molar-refractivity contribution in [1.82, 2.24) is 4.98 Å². The molecule has 2 aromatic rings. The van der Waals surface area contributed by atoms with Crippen molar-refractivity contribution in [3.05, 3.63) is 45.9 Å². The van der Waals surface area contributed by atoms with Crippen molar-refractivity contribution >= 4 is 34.2 Å². The number of rotatable bonds is 5. The van der Waals surface area contributed by atoms with E-state index in [0.29, 0.717) is 16.7 Å². The second-order valence-electron chi connectivity index (χ2n) is 4.56. The van der Waals surface area contributed by atoms with Crippen molar-refractivity contribution in [2.45, 2.75) is 26.3 Å². The minimum atomic E-state index is 0.327. The number of nitrogens with two attached hydrogens (primary N) is 1. The predicted octanol–water partition coefficient (Wildman–Crippen LogP) is 3.13. The molecule has 3 nitrogen and oxygen atoms in total. The Bertz CT molecular complexity index is 560. The third-order valence-electron chi connectivity index (χ3n) is 2.73. The highest BCUT2D eigenvalue weighted by Crippen LogP contribution is 2.18. The number of hydrogen-bond acceptors (Lipinski definition) is 4. The Labute approximate surface area is 122 Å². The van der Waals surface area contributed by atoms with Crippen LogP contribution in [0.3, 0.4) is 0 Å². The molecule has 0 saturated heterocycles. The van der Waals surface area contributed by atoms with E-state index >= 15 is 0 Å². The zero-order valence-electron chi connectivity index (χ0n) is 11.0. The summed E-state index contributed by atoms with van der Waals surface area (Å²) in [5, 5.41) is 3.43. The van der Waals surface area contributed by atoms with Crippen LogP contribution in [0.2, 0.25) is 0 Å². The standard InChI is InChI=1S/C14H17N3S2/c1-9(7-12-5-3-10(2)19-12)17-11-4-6-13(14(15)18)16-8-11/h3-6,8-9,17H,7H2,1-2H3,(H2,15,18). The average molecular weight is 291 g/mol. The molecule has 0 aliphatic heterocycles. The van der Waals surface area contributed by atoms with Crippen LogP contribution in [0, 0.1) is 6.92 Å². The Morgan fingerprint density at radius 3 is 2.74 bits per heavy atom. The van der Waals surface area contributed by atoms with Gasteiger partial charge in [0.15, 0.2) is 0 Å². The van der Waals surface area contributed by atoms with Crippen molar-refractivity contribution in [3.8, 4) is 0 Å². The van der Waals surface area contributed by atoms with E-state index in [-0.39, 0.29) is 0 Å². The molecule has 0 fully saturated rings. The zero-order valence-corrected chi connectivity index (χ0v) is 12.6. The van der Waals surface area contributed by atoms with Gasteiger partial charge in [0, 0.05) is 22.2 Å². The molecule has 0 radical (unpaired) electrons. The molecular formula is C14H17N3S2. The molecule has 0 aliphatic rings. The third kappa shape index (κ3) is 4.01. The summed E-state index contributed by atoms with van der Waals surface area (Å²) in [6, 6.07) is 8.50. The van der Waals surface area contributed by atoms with Crippen molar-refractivity contribution in [3.63, 3.8) is 0 Å². The Balaban J connectivity index is 1.94. The molecule has 3 N–H and O–H groups in total. The minimum Gasteiger partial charge on any atom is -0.388 e. The van der Waals surface area contributed by atoms with Gasteiger partial charge in [-0.1, -0.05) is 12.2 Å². The molecule has 2 aromatic heterocycles. The first-order chi connectivity index (χ1) is 9.04. The molecule has 2 heterocycles. The lowest BCUT2D eigenvalue weighted by molar-refractivity contribution is 0.799. The largest absolute Gasteiger partial charge is 0.388 e. The van der Waals surface area contributed by atoms with Crippen molar-refractivity contribution in [2.75, 3.05) is 5.32 Å². The van der Waals surface area contributed by atoms with Gasteiger partial charge in [-0.2, -0.15) is 0 Å². The molecule has 0 aromatic carbocycles. The van der Waals surface area contributed by atoms with Gasteiger partial charge in [-0.05, 0) is 38.1 Å². The minimum absolute atomic E-state index is 0.327. The second kappa shape index (κ2) is 6.12. The van der Waals surface area contributed by atoms with Gasteiger partial charge in [-0.25, -0.2) is 0 Å². The summed E-state index contributed by atoms with van der Waals surface area (Å²) in [4.78, 5) is 7.29. The van der Waals surface area contributed by atoms with E-state index in [1.807, 2.05) is 23.5 Å². The van der Waals surface area contributed by atoms with Crippen LogP contribution in [0.15, 0.2) is 30.5 Å². The maximum Gasteiger partial charge on any atom is 0.122 e. The molecule has 0 saturated carbocycles. The molecule has 0 amide bonds. The molecule has 19 heavy (non-hydrogen) atoms. The Hall–Kier alpha value is -1.46. The molecule has 0 bridgehead atoms. The first-order valence-electron chi connectivity index (χ1n) is 6.12. The molecule has 0 spiro atoms. The van der Waals surface area contributed by atoms with Crippen LogP contribution in [0.4, 0.5) is 5.69 Å². The summed E-state index contributed by atoms with van der Waals surface area (Å²) in [5.74, 6) is 0. The first kappa shape index (κ1) is 14.0. The monoisotopic (exact) mass is 291 g/mol. The highest BCUT2D eigenvalue weighted by atomic mass is 32.1. The third-order valence-corrected chi connectivity index (χ3v) is 3.96. The van der Waals surface area contributed by atoms with E-state index in [0.717, 1.165) is 12.1 Å². The lowest BCUT2D eigenvalue weighted by atomic mass is 10.2. The smallest absolute Gasteiger partial charge is 0.122 e. The van der Waals surface area contributed by atoms with Crippen molar-refractivity contribution in [2.24, 2.45) is 5.73 Å². The lowest BCUT2D eigenvalue weighted by Crippen LogP contribution is -2.18. The van der Waals surface area contributed by atoms with Gasteiger partial charge < -0.3 is 11.1 Å². The van der Waals surface area contributed by atoms with Crippen LogP contribution >= 0.6 is 23.6 Å². The molecule has 5 heteroatoms. The normalized spacial score (nSPS) is 12.1. The van der Waals surface area contributed by atoms with Crippen LogP contribution in [0.5, 0.6) is 0 Å². The maximum atomic E-state index is 5.52. The Kier molecular flexibility index (Phi) is 4.50. The summed E-state index contributed by atoms with van der Waals surface area (Å²) in [5.41, 5.74) is 7.16. The topological polar surface area (TPSA) is 50.9 Å². The summed E-state index contributed by atoms with van der Waals surface area (Å²) < 4.78 is 0. The van der Waals surface area contributed by atoms with E-state index in [1.54, 1.807) is 6.20 Å². The fraction of sp³-hybridized carbons (Fsp3) is 0.286. The number of anilines is 1. The number of aromatic nitrogens is 1. The molecule has 1 unspecified atom stereocenters. The fourth-order valence-corrected chi connectivity index (χ4v) is 3.00. The number of hydrogen-bond donors (Lipinski definition) is 2. The number of thiocarbonyl (C=S) groups is 1. The van der Waals surface area contributed by atoms with Gasteiger partial charge >= 0.3 is 0 Å². The average Bonchev–Trinajstić information content (AvgIpc) is 2.75. The molecule has 2 rings (SSSR count). The molecule has 1 atom stereocenters. The zero-order chi connectivity index (χ0) is 13.8. The Morgan fingerprint density at radius 2 is 2.21 bits per heavy atom. The van der Waals surface area contributed by atoms with Crippen molar-refractivity contribution < 1.29 is 0 Å². The Morgan fingerprint density at radius 1 is 1.42 bits per heavy atom. The molecule has 100 valence electrons. The summed E-state index contributed by atoms with van der Waals surface area (Å²) in [6.45, 7) is 4.29. The van der Waals surface area contributed by atoms with Crippen LogP contribution in [0.25, 0.3) is 0 Å². The van der Waals surface area contributed by atoms with Crippen LogP contribution < -0.4 is 11.1 Å². The quantitative estimate of drug-likeness (QED) is 0.831. The van der Waals surface area contributed by atoms with Crippen LogP contribution in [-0.2, 0) is 6.42 Å². The van der Waals surface area contributed by atoms with E-state index < -0.39 is 0 Å². The fourth-order valence-electron chi connectivity index (χ4n) is 1.86. The SMILES string of the molecule is Cc1ccc(CC(C)Nc2ccc(C(N)=S)nc2)s1. The second-order valence-corrected chi connectivity index (χ2v) is 6.37. The number of pyridine rings is 1. The highest BCUT2D eigenvalue weighted by Gasteiger charge is 2.06. The predicted molar refractivity (Wildman–Crippen MR) is 86.0 cm³/mol. The summed E-state index contributed by atoms with van der Waals surface area (Å²) >= 11 is 6.72. The van der Waals surface area contributed by atoms with Gasteiger partial charge in [0.05, 0.1) is 17.6 Å². The first-order valence-corrected chi connectivity index (χ1v) is 7.35. The number of aryl methyl sites for hydroxylation is 1. The van der Waals surface area contributed by atoms with Crippen LogP contribution in [0.1, 0.15) is 22.4 Å². The van der Waals surface area contributed by atoms with E-state index in [1.165, 1.54) is 9.75 Å². The van der Waals surface area contributed by atoms with Gasteiger partial charge in [0.25, 0.3) is 0 Å². The molecular weight excluding hydrogens is 274 g/mol. The van der Waals surface area contributed by atoms with Crippen LogP contribution in [-0.4, -0.2) is 16.0 Å². The summed E-state index contributed by atoms with van der Waals surface area (Å²) in [6.07, 6.45) is 2.78. The van der Waals surface area contributed by atoms with E-state index in [9.17, 15) is 0 Å². The highest BCUT2D eigenvalue weighted by molar-refractivity contribution is 7.80. The van der Waals surface area contributed by atoms with Gasteiger partial charge in [-0.3, -0.25) is 4.98 Å². The number of thiophene rings is 1. The summed E-state index contributed by atoms with van der Waals surface area (Å²) in [7, 11) is 0. The number of nitrogens with zero attached hydrogens (tertiary/aromatic N) is 1. The molecule has 0 aliphatic carbocycles. The van der Waals surface area contributed by atoms with E-state index in [4.69, 9.17) is 18.0 Å². The van der Waals surface area contributed by atoms with Gasteiger partial charge in [0.1, 0.15) is 4.99 Å². The van der Waals surface area contributed by atoms with E-state index in [2.05, 4.69) is 36.3 Å². The number of nitrogens with one attached hydrogen (secondary N) is 1. The maximum absolute atomic E-state index is 5.52.